The number of benzene rings is 3. The van der Waals surface area contributed by atoms with Crippen molar-refractivity contribution in [3.8, 4) is 22.5 Å². The van der Waals surface area contributed by atoms with E-state index in [2.05, 4.69) is 51.5 Å². The van der Waals surface area contributed by atoms with Crippen LogP contribution in [-0.4, -0.2) is 23.2 Å². The largest absolute Gasteiger partial charge is 0 e. The van der Waals surface area contributed by atoms with Gasteiger partial charge in [0, 0.05) is 32.4 Å². The monoisotopic (exact) mass is 836 g/mol. The van der Waals surface area contributed by atoms with E-state index in [4.69, 9.17) is 1.37 Å². The summed E-state index contributed by atoms with van der Waals surface area (Å²) in [4.78, 5) is 8.94. The van der Waals surface area contributed by atoms with E-state index in [0.717, 1.165) is 43.9 Å². The van der Waals surface area contributed by atoms with Crippen molar-refractivity contribution in [2.75, 3.05) is 0 Å². The second-order valence-corrected chi connectivity index (χ2v) is 23.0. The maximum atomic E-state index is 13.0. The quantitative estimate of drug-likeness (QED) is 0.131. The fourth-order valence-electron chi connectivity index (χ4n) is 4.54. The van der Waals surface area contributed by atoms with Crippen molar-refractivity contribution in [2.24, 2.45) is 0 Å². The minimum Gasteiger partial charge on any atom is 0 e. The Morgan fingerprint density at radius 3 is 2.28 bits per heavy atom. The number of nitrogens with zero attached hydrogens (tertiary/aromatic N) is 2. The molecule has 0 aliphatic heterocycles. The molecule has 223 valence electrons. The van der Waals surface area contributed by atoms with Crippen molar-refractivity contribution < 1.29 is 34.6 Å². The summed E-state index contributed by atoms with van der Waals surface area (Å²) in [6.07, 6.45) is -0.673. The molecule has 3 aromatic carbocycles. The Morgan fingerprint density at radius 2 is 1.65 bits per heavy atom. The smallest absolute Gasteiger partial charge is 0 e. The Labute approximate surface area is 272 Å². The van der Waals surface area contributed by atoms with E-state index in [0.29, 0.717) is 10.4 Å². The van der Waals surface area contributed by atoms with Gasteiger partial charge in [0.05, 0.1) is 5.56 Å². The second-order valence-electron chi connectivity index (χ2n) is 11.3. The topological polar surface area (TPSA) is 25.8 Å². The van der Waals surface area contributed by atoms with Crippen molar-refractivity contribution in [3.05, 3.63) is 115 Å². The minimum atomic E-state index is -4.37. The van der Waals surface area contributed by atoms with E-state index in [1.165, 1.54) is 27.9 Å². The third-order valence-corrected chi connectivity index (χ3v) is 12.4. The van der Waals surface area contributed by atoms with E-state index in [9.17, 15) is 13.2 Å². The molecule has 43 heavy (non-hydrogen) atoms. The molecule has 0 aliphatic rings. The maximum Gasteiger partial charge on any atom is 0 e. The number of halogens is 3. The molecule has 0 fully saturated rings. The van der Waals surface area contributed by atoms with E-state index >= 15 is 0 Å². The summed E-state index contributed by atoms with van der Waals surface area (Å²) in [6, 6.07) is 29.8. The predicted molar refractivity (Wildman–Crippen MR) is 172 cm³/mol. The molecule has 0 atom stereocenters. The zero-order valence-corrected chi connectivity index (χ0v) is 29.7. The van der Waals surface area contributed by atoms with Gasteiger partial charge in [-0.2, -0.15) is 24.5 Å². The van der Waals surface area contributed by atoms with Gasteiger partial charge in [-0.3, -0.25) is 0 Å². The molecule has 0 bridgehead atoms. The molecule has 8 heteroatoms. The Hall–Kier alpha value is -2.84. The molecule has 0 amide bonds. The molecule has 0 saturated heterocycles. The van der Waals surface area contributed by atoms with Gasteiger partial charge in [0.15, 0.2) is 0 Å². The van der Waals surface area contributed by atoms with Crippen LogP contribution in [0.15, 0.2) is 91.3 Å². The van der Waals surface area contributed by atoms with Crippen LogP contribution in [0.4, 0.5) is 13.2 Å². The van der Waals surface area contributed by atoms with Gasteiger partial charge < -0.3 is 4.98 Å². The molecular weight excluding hydrogens is 802 g/mol. The fraction of sp³-hybridized carbons (Fsp3) is 0.200. The summed E-state index contributed by atoms with van der Waals surface area (Å²) in [5.41, 5.74) is 3.65. The number of aromatic nitrogens is 2. The molecule has 0 unspecified atom stereocenters. The van der Waals surface area contributed by atoms with Gasteiger partial charge in [0.25, 0.3) is 0 Å². The average Bonchev–Trinajstić information content (AvgIpc) is 3.35. The normalized spacial score (nSPS) is 12.3. The van der Waals surface area contributed by atoms with E-state index in [-0.39, 0.29) is 20.1 Å². The molecule has 3 aromatic heterocycles. The zero-order valence-electron chi connectivity index (χ0n) is 25.4. The van der Waals surface area contributed by atoms with E-state index in [1.807, 2.05) is 42.6 Å². The molecule has 1 radical (unpaired) electrons. The third kappa shape index (κ3) is 7.64. The minimum absolute atomic E-state index is 0. The molecule has 6 aromatic rings. The van der Waals surface area contributed by atoms with Crippen LogP contribution in [-0.2, 0) is 26.3 Å². The fourth-order valence-corrected chi connectivity index (χ4v) is 7.96. The standard InChI is InChI=1S/C21H15F3NS.C14H16GeN.Ir/c1-12(2)13-8-9-25-18(10-13)17-5-3-4-16-15-7-6-14(21(22,23)24)11-19(15)26-20(16)17;1-15(2,3)13-9-10-14(16-11-13)12-7-5-4-6-8-12;/h3-4,6-12H,1-2H3;4-7,9-11H,1-3H3;/q2*-1;/i12D;;. The van der Waals surface area contributed by atoms with Gasteiger partial charge in [0.1, 0.15) is 0 Å². The summed E-state index contributed by atoms with van der Waals surface area (Å²) < 4.78 is 50.2. The Balaban J connectivity index is 0.000000223. The number of thiophene rings is 1. The maximum absolute atomic E-state index is 13.0. The van der Waals surface area contributed by atoms with Gasteiger partial charge in [-0.25, -0.2) is 0 Å². The molecule has 2 nitrogen and oxygen atoms in total. The van der Waals surface area contributed by atoms with Crippen molar-refractivity contribution in [1.29, 1.82) is 0 Å². The Kier molecular flexibility index (Phi) is 9.87. The van der Waals surface area contributed by atoms with Crippen LogP contribution in [0.2, 0.25) is 17.3 Å². The van der Waals surface area contributed by atoms with Gasteiger partial charge in [0.2, 0.25) is 0 Å². The van der Waals surface area contributed by atoms with Gasteiger partial charge in [-0.1, -0.05) is 36.9 Å². The molecular formula is C35H31F3GeIrN2S-2. The first-order chi connectivity index (χ1) is 20.2. The molecule has 3 heterocycles. The predicted octanol–water partition coefficient (Wildman–Crippen LogP) is 10.2. The van der Waals surface area contributed by atoms with Gasteiger partial charge in [-0.05, 0) is 39.9 Å². The van der Waals surface area contributed by atoms with Crippen LogP contribution in [0, 0.1) is 12.1 Å². The number of rotatable bonds is 4. The summed E-state index contributed by atoms with van der Waals surface area (Å²) >= 11 is -0.407. The summed E-state index contributed by atoms with van der Waals surface area (Å²) in [6.45, 7) is 3.60. The van der Waals surface area contributed by atoms with E-state index in [1.54, 1.807) is 32.2 Å². The number of alkyl halides is 3. The SMILES string of the molecule is [2H]C(C)(C)c1ccnc(-c2[c-]ccc3c2sc2cc(C(F)(F)F)ccc23)c1.[CH3][Ge]([CH3])([CH3])[c]1ccc(-c2[c-]cccc2)nc1.[Ir]. The van der Waals surface area contributed by atoms with Crippen LogP contribution < -0.4 is 4.40 Å². The van der Waals surface area contributed by atoms with Crippen LogP contribution in [0.3, 0.4) is 0 Å². The second kappa shape index (κ2) is 13.4. The van der Waals surface area contributed by atoms with Gasteiger partial charge in [-0.15, -0.1) is 23.8 Å². The Bertz CT molecular complexity index is 1880. The third-order valence-electron chi connectivity index (χ3n) is 6.97. The summed E-state index contributed by atoms with van der Waals surface area (Å²) in [5.74, 6) is 6.37. The van der Waals surface area contributed by atoms with Crippen LogP contribution in [0.25, 0.3) is 42.7 Å². The van der Waals surface area contributed by atoms with E-state index < -0.39 is 30.9 Å². The molecule has 0 N–H and O–H groups in total. The first kappa shape index (κ1) is 31.6. The number of fused-ring (bicyclic) bond motifs is 3. The van der Waals surface area contributed by atoms with Crippen LogP contribution in [0.1, 0.15) is 32.2 Å². The first-order valence-electron chi connectivity index (χ1n) is 14.1. The average molecular weight is 835 g/mol. The zero-order chi connectivity index (χ0) is 31.0. The summed E-state index contributed by atoms with van der Waals surface area (Å²) in [5, 5.41) is 1.67. The van der Waals surface area contributed by atoms with Gasteiger partial charge >= 0.3 is 106 Å². The number of pyridine rings is 2. The van der Waals surface area contributed by atoms with Crippen molar-refractivity contribution >= 4 is 49.2 Å². The first-order valence-corrected chi connectivity index (χ1v) is 21.7. The number of hydrogen-bond donors (Lipinski definition) is 0. The van der Waals surface area contributed by atoms with Crippen molar-refractivity contribution in [3.63, 3.8) is 0 Å². The van der Waals surface area contributed by atoms with Crippen LogP contribution >= 0.6 is 11.3 Å². The molecule has 6 rings (SSSR count). The molecule has 0 saturated carbocycles. The molecule has 0 aliphatic carbocycles. The number of hydrogen-bond acceptors (Lipinski definition) is 3. The van der Waals surface area contributed by atoms with Crippen LogP contribution in [0.5, 0.6) is 0 Å². The van der Waals surface area contributed by atoms with Crippen molar-refractivity contribution in [2.45, 2.75) is 43.2 Å². The van der Waals surface area contributed by atoms with Crippen molar-refractivity contribution in [1.82, 2.24) is 9.97 Å². The Morgan fingerprint density at radius 1 is 0.860 bits per heavy atom. The summed E-state index contributed by atoms with van der Waals surface area (Å²) in [7, 11) is 0. The molecule has 0 spiro atoms.